The average Bonchev–Trinajstić information content (AvgIpc) is 2.71. The van der Waals surface area contributed by atoms with Crippen LogP contribution in [0.15, 0.2) is 0 Å². The highest BCUT2D eigenvalue weighted by molar-refractivity contribution is 5.75. The lowest BCUT2D eigenvalue weighted by molar-refractivity contribution is -0.151. The normalized spacial score (nSPS) is 21.2. The molecule has 1 heterocycles. The Morgan fingerprint density at radius 1 is 1.57 bits per heavy atom. The molecule has 1 aliphatic heterocycles. The molecule has 5 heteroatoms. The van der Waals surface area contributed by atoms with E-state index in [9.17, 15) is 4.79 Å². The Morgan fingerprint density at radius 3 is 2.57 bits per heavy atom. The predicted octanol–water partition coefficient (Wildman–Crippen LogP) is 0.308. The van der Waals surface area contributed by atoms with Crippen molar-refractivity contribution < 1.29 is 19.0 Å². The Kier molecular flexibility index (Phi) is 3.86. The summed E-state index contributed by atoms with van der Waals surface area (Å²) < 4.78 is 14.9. The monoisotopic (exact) mass is 199 g/mol. The first-order valence-corrected chi connectivity index (χ1v) is 4.41. The van der Waals surface area contributed by atoms with E-state index < -0.39 is 18.2 Å². The van der Waals surface area contributed by atoms with Crippen LogP contribution in [0.3, 0.4) is 0 Å². The van der Waals surface area contributed by atoms with Gasteiger partial charge in [-0.15, -0.1) is 0 Å². The van der Waals surface area contributed by atoms with Crippen LogP contribution < -0.4 is 0 Å². The molecule has 0 aromatic carbocycles. The molecule has 0 saturated carbocycles. The minimum atomic E-state index is -0.830. The number of methoxy groups -OCH3 is 1. The number of nitriles is 1. The van der Waals surface area contributed by atoms with Crippen LogP contribution in [-0.2, 0) is 19.0 Å². The van der Waals surface area contributed by atoms with Crippen molar-refractivity contribution in [3.8, 4) is 6.07 Å². The van der Waals surface area contributed by atoms with Crippen LogP contribution in [0.4, 0.5) is 0 Å². The molecule has 0 aromatic rings. The molecule has 0 aliphatic carbocycles. The number of carbonyl (C=O) groups is 1. The van der Waals surface area contributed by atoms with E-state index in [1.807, 2.05) is 6.07 Å². The number of ether oxygens (including phenoxy) is 3. The number of rotatable bonds is 3. The zero-order valence-corrected chi connectivity index (χ0v) is 8.23. The van der Waals surface area contributed by atoms with Crippen molar-refractivity contribution in [2.75, 3.05) is 20.3 Å². The Morgan fingerprint density at radius 2 is 2.14 bits per heavy atom. The molecule has 2 atom stereocenters. The third-order valence-electron chi connectivity index (χ3n) is 2.20. The van der Waals surface area contributed by atoms with Gasteiger partial charge in [-0.1, -0.05) is 6.92 Å². The molecule has 5 nitrogen and oxygen atoms in total. The fourth-order valence-corrected chi connectivity index (χ4v) is 1.35. The first kappa shape index (κ1) is 11.0. The summed E-state index contributed by atoms with van der Waals surface area (Å²) >= 11 is 0. The van der Waals surface area contributed by atoms with Crippen molar-refractivity contribution in [3.63, 3.8) is 0 Å². The molecule has 0 radical (unpaired) electrons. The molecule has 14 heavy (non-hydrogen) atoms. The zero-order chi connectivity index (χ0) is 10.6. The fourth-order valence-electron chi connectivity index (χ4n) is 1.35. The Hall–Kier alpha value is -1.12. The molecule has 2 unspecified atom stereocenters. The lowest BCUT2D eigenvalue weighted by atomic mass is 9.95. The number of carbonyl (C=O) groups excluding carboxylic acids is 1. The molecule has 1 fully saturated rings. The van der Waals surface area contributed by atoms with E-state index in [0.717, 1.165) is 0 Å². The van der Waals surface area contributed by atoms with Crippen LogP contribution in [0.2, 0.25) is 0 Å². The standard InChI is InChI=1S/C9H13NO4/c1-6(9-13-3-4-14-9)7(5-10)8(11)12-2/h6-7,9H,3-4H2,1-2H3. The Bertz CT molecular complexity index is 242. The Balaban J connectivity index is 2.60. The van der Waals surface area contributed by atoms with E-state index in [1.165, 1.54) is 7.11 Å². The largest absolute Gasteiger partial charge is 0.468 e. The second-order valence-electron chi connectivity index (χ2n) is 3.10. The van der Waals surface area contributed by atoms with Gasteiger partial charge in [-0.05, 0) is 0 Å². The molecule has 0 aromatic heterocycles. The molecule has 1 saturated heterocycles. The summed E-state index contributed by atoms with van der Waals surface area (Å²) in [5, 5.41) is 8.80. The van der Waals surface area contributed by atoms with E-state index in [0.29, 0.717) is 13.2 Å². The second kappa shape index (κ2) is 4.94. The fraction of sp³-hybridized carbons (Fsp3) is 0.778. The van der Waals surface area contributed by atoms with Crippen LogP contribution in [0.5, 0.6) is 0 Å². The second-order valence-corrected chi connectivity index (χ2v) is 3.10. The average molecular weight is 199 g/mol. The zero-order valence-electron chi connectivity index (χ0n) is 8.23. The highest BCUT2D eigenvalue weighted by atomic mass is 16.7. The van der Waals surface area contributed by atoms with E-state index in [4.69, 9.17) is 14.7 Å². The summed E-state index contributed by atoms with van der Waals surface area (Å²) in [7, 11) is 1.26. The van der Waals surface area contributed by atoms with Crippen molar-refractivity contribution in [1.82, 2.24) is 0 Å². The Labute approximate surface area is 82.5 Å². The number of esters is 1. The van der Waals surface area contributed by atoms with Gasteiger partial charge in [-0.3, -0.25) is 4.79 Å². The minimum absolute atomic E-state index is 0.310. The third-order valence-corrected chi connectivity index (χ3v) is 2.20. The van der Waals surface area contributed by atoms with Gasteiger partial charge in [-0.25, -0.2) is 0 Å². The van der Waals surface area contributed by atoms with Crippen LogP contribution in [0.25, 0.3) is 0 Å². The van der Waals surface area contributed by atoms with Crippen LogP contribution in [0.1, 0.15) is 6.92 Å². The SMILES string of the molecule is COC(=O)C(C#N)C(C)C1OCCO1. The summed E-state index contributed by atoms with van der Waals surface area (Å²) in [5.41, 5.74) is 0. The predicted molar refractivity (Wildman–Crippen MR) is 46.0 cm³/mol. The van der Waals surface area contributed by atoms with Crippen LogP contribution in [-0.4, -0.2) is 32.6 Å². The van der Waals surface area contributed by atoms with E-state index >= 15 is 0 Å². The first-order chi connectivity index (χ1) is 6.70. The van der Waals surface area contributed by atoms with Crippen molar-refractivity contribution in [2.24, 2.45) is 11.8 Å². The third kappa shape index (κ3) is 2.22. The topological polar surface area (TPSA) is 68.6 Å². The van der Waals surface area contributed by atoms with Gasteiger partial charge in [0.25, 0.3) is 0 Å². The van der Waals surface area contributed by atoms with Crippen molar-refractivity contribution in [2.45, 2.75) is 13.2 Å². The maximum absolute atomic E-state index is 11.2. The lowest BCUT2D eigenvalue weighted by Crippen LogP contribution is -2.31. The van der Waals surface area contributed by atoms with Gasteiger partial charge in [0.15, 0.2) is 12.2 Å². The molecule has 0 spiro atoms. The molecule has 1 rings (SSSR count). The molecule has 78 valence electrons. The minimum Gasteiger partial charge on any atom is -0.468 e. The maximum Gasteiger partial charge on any atom is 0.323 e. The van der Waals surface area contributed by atoms with Gasteiger partial charge in [0.05, 0.1) is 26.4 Å². The smallest absolute Gasteiger partial charge is 0.323 e. The summed E-state index contributed by atoms with van der Waals surface area (Å²) in [4.78, 5) is 11.2. The molecule has 0 N–H and O–H groups in total. The van der Waals surface area contributed by atoms with E-state index in [1.54, 1.807) is 6.92 Å². The number of nitrogens with zero attached hydrogens (tertiary/aromatic N) is 1. The summed E-state index contributed by atoms with van der Waals surface area (Å²) in [5.74, 6) is -1.68. The molecule has 0 amide bonds. The van der Waals surface area contributed by atoms with Gasteiger partial charge >= 0.3 is 5.97 Å². The van der Waals surface area contributed by atoms with E-state index in [-0.39, 0.29) is 5.92 Å². The summed E-state index contributed by atoms with van der Waals surface area (Å²) in [6.45, 7) is 2.75. The number of hydrogen-bond acceptors (Lipinski definition) is 5. The van der Waals surface area contributed by atoms with E-state index in [2.05, 4.69) is 4.74 Å². The van der Waals surface area contributed by atoms with Crippen molar-refractivity contribution >= 4 is 5.97 Å². The molecule has 0 bridgehead atoms. The van der Waals surface area contributed by atoms with Crippen molar-refractivity contribution in [3.05, 3.63) is 0 Å². The molecule has 1 aliphatic rings. The molecular formula is C9H13NO4. The van der Waals surface area contributed by atoms with Gasteiger partial charge in [-0.2, -0.15) is 5.26 Å². The lowest BCUT2D eigenvalue weighted by Gasteiger charge is -2.20. The van der Waals surface area contributed by atoms with Gasteiger partial charge in [0.1, 0.15) is 0 Å². The summed E-state index contributed by atoms with van der Waals surface area (Å²) in [6, 6.07) is 1.89. The van der Waals surface area contributed by atoms with Crippen LogP contribution >= 0.6 is 0 Å². The number of hydrogen-bond donors (Lipinski definition) is 0. The first-order valence-electron chi connectivity index (χ1n) is 4.41. The quantitative estimate of drug-likeness (QED) is 0.612. The molecular weight excluding hydrogens is 186 g/mol. The van der Waals surface area contributed by atoms with Crippen LogP contribution in [0, 0.1) is 23.2 Å². The maximum atomic E-state index is 11.2. The van der Waals surface area contributed by atoms with Gasteiger partial charge in [0.2, 0.25) is 0 Å². The summed E-state index contributed by atoms with van der Waals surface area (Å²) in [6.07, 6.45) is -0.473. The highest BCUT2D eigenvalue weighted by Crippen LogP contribution is 2.22. The highest BCUT2D eigenvalue weighted by Gasteiger charge is 2.35. The van der Waals surface area contributed by atoms with Crippen molar-refractivity contribution in [1.29, 1.82) is 5.26 Å². The van der Waals surface area contributed by atoms with Gasteiger partial charge < -0.3 is 14.2 Å². The van der Waals surface area contributed by atoms with Gasteiger partial charge in [0, 0.05) is 5.92 Å².